The first-order valence-corrected chi connectivity index (χ1v) is 9.55. The lowest BCUT2D eigenvalue weighted by atomic mass is 9.98. The van der Waals surface area contributed by atoms with E-state index in [1.165, 1.54) is 6.07 Å². The van der Waals surface area contributed by atoms with Crippen molar-refractivity contribution in [2.24, 2.45) is 0 Å². The molecule has 1 N–H and O–H groups in total. The number of benzene rings is 2. The second-order valence-electron chi connectivity index (χ2n) is 7.05. The van der Waals surface area contributed by atoms with Crippen molar-refractivity contribution in [3.8, 4) is 17.2 Å². The molecule has 0 atom stereocenters. The maximum absolute atomic E-state index is 14.5. The Balaban J connectivity index is 2.11. The smallest absolute Gasteiger partial charge is 0.161 e. The number of aromatic nitrogens is 1. The first-order chi connectivity index (χ1) is 14.0. The van der Waals surface area contributed by atoms with E-state index in [0.29, 0.717) is 41.3 Å². The van der Waals surface area contributed by atoms with E-state index >= 15 is 0 Å². The molecule has 0 radical (unpaired) electrons. The van der Waals surface area contributed by atoms with Crippen LogP contribution in [0, 0.1) is 5.82 Å². The van der Waals surface area contributed by atoms with E-state index < -0.39 is 0 Å². The van der Waals surface area contributed by atoms with Gasteiger partial charge in [0.1, 0.15) is 11.6 Å². The summed E-state index contributed by atoms with van der Waals surface area (Å²) in [6, 6.07) is 8.48. The monoisotopic (exact) mass is 399 g/mol. The summed E-state index contributed by atoms with van der Waals surface area (Å²) in [5.74, 6) is 1.48. The molecule has 3 aromatic rings. The standard InChI is InChI=1S/C23H26FNO4/c1-14(2)29-17-5-6-20(24)16(9-17)10-21-19-12-23(28-4)22(27-3)11-18(19)15(7-8-26)13-25-21/h5-6,9,11-14,26H,7-8,10H2,1-4H3. The average Bonchev–Trinajstić information content (AvgIpc) is 2.70. The van der Waals surface area contributed by atoms with Gasteiger partial charge in [-0.2, -0.15) is 0 Å². The third kappa shape index (κ3) is 4.59. The lowest BCUT2D eigenvalue weighted by molar-refractivity contribution is 0.242. The molecule has 0 aliphatic carbocycles. The van der Waals surface area contributed by atoms with E-state index in [2.05, 4.69) is 4.98 Å². The fourth-order valence-electron chi connectivity index (χ4n) is 3.35. The minimum atomic E-state index is -0.309. The topological polar surface area (TPSA) is 60.8 Å². The number of fused-ring (bicyclic) bond motifs is 1. The molecule has 5 nitrogen and oxygen atoms in total. The van der Waals surface area contributed by atoms with Gasteiger partial charge in [-0.1, -0.05) is 0 Å². The van der Waals surface area contributed by atoms with Crippen molar-refractivity contribution in [3.63, 3.8) is 0 Å². The number of aliphatic hydroxyl groups is 1. The number of hydrogen-bond acceptors (Lipinski definition) is 5. The van der Waals surface area contributed by atoms with Gasteiger partial charge in [-0.05, 0) is 67.1 Å². The van der Waals surface area contributed by atoms with Crippen LogP contribution >= 0.6 is 0 Å². The molecule has 29 heavy (non-hydrogen) atoms. The van der Waals surface area contributed by atoms with Crippen LogP contribution in [0.5, 0.6) is 17.2 Å². The Hall–Kier alpha value is -2.86. The van der Waals surface area contributed by atoms with E-state index in [-0.39, 0.29) is 18.5 Å². The predicted molar refractivity (Wildman–Crippen MR) is 111 cm³/mol. The molecule has 2 aromatic carbocycles. The Morgan fingerprint density at radius 1 is 1.00 bits per heavy atom. The van der Waals surface area contributed by atoms with Crippen LogP contribution in [0.4, 0.5) is 4.39 Å². The van der Waals surface area contributed by atoms with Crippen LogP contribution in [0.1, 0.15) is 30.7 Å². The van der Waals surface area contributed by atoms with Crippen LogP contribution in [-0.4, -0.2) is 37.0 Å². The SMILES string of the molecule is COc1cc2c(CCO)cnc(Cc3cc(OC(C)C)ccc3F)c2cc1OC. The lowest BCUT2D eigenvalue weighted by Gasteiger charge is -2.15. The number of hydrogen-bond donors (Lipinski definition) is 1. The lowest BCUT2D eigenvalue weighted by Crippen LogP contribution is -2.06. The molecule has 0 saturated heterocycles. The number of ether oxygens (including phenoxy) is 3. The molecule has 0 saturated carbocycles. The fraction of sp³-hybridized carbons (Fsp3) is 0.348. The van der Waals surface area contributed by atoms with Gasteiger partial charge in [-0.3, -0.25) is 4.98 Å². The van der Waals surface area contributed by atoms with Gasteiger partial charge in [0.15, 0.2) is 11.5 Å². The third-order valence-electron chi connectivity index (χ3n) is 4.68. The Bertz CT molecular complexity index is 1000. The largest absolute Gasteiger partial charge is 0.493 e. The molecule has 154 valence electrons. The molecule has 0 aliphatic rings. The maximum Gasteiger partial charge on any atom is 0.161 e. The number of rotatable bonds is 8. The third-order valence-corrected chi connectivity index (χ3v) is 4.68. The minimum absolute atomic E-state index is 0.00163. The first kappa shape index (κ1) is 20.9. The molecule has 3 rings (SSSR count). The number of halogens is 1. The summed E-state index contributed by atoms with van der Waals surface area (Å²) >= 11 is 0. The van der Waals surface area contributed by atoms with Gasteiger partial charge in [0, 0.05) is 24.6 Å². The average molecular weight is 399 g/mol. The van der Waals surface area contributed by atoms with E-state index in [1.54, 1.807) is 32.5 Å². The summed E-state index contributed by atoms with van der Waals surface area (Å²) in [5.41, 5.74) is 2.11. The highest BCUT2D eigenvalue weighted by Gasteiger charge is 2.15. The van der Waals surface area contributed by atoms with Crippen LogP contribution < -0.4 is 14.2 Å². The van der Waals surface area contributed by atoms with Gasteiger partial charge >= 0.3 is 0 Å². The molecule has 1 heterocycles. The molecule has 0 bridgehead atoms. The number of aliphatic hydroxyl groups excluding tert-OH is 1. The highest BCUT2D eigenvalue weighted by atomic mass is 19.1. The van der Waals surface area contributed by atoms with Crippen molar-refractivity contribution in [3.05, 3.63) is 59.2 Å². The second kappa shape index (κ2) is 9.09. The molecule has 0 aliphatic heterocycles. The molecule has 0 amide bonds. The van der Waals surface area contributed by atoms with Crippen LogP contribution in [0.25, 0.3) is 10.8 Å². The van der Waals surface area contributed by atoms with Gasteiger partial charge in [0.2, 0.25) is 0 Å². The fourth-order valence-corrected chi connectivity index (χ4v) is 3.35. The molecule has 0 fully saturated rings. The van der Waals surface area contributed by atoms with Crippen LogP contribution in [0.2, 0.25) is 0 Å². The van der Waals surface area contributed by atoms with Gasteiger partial charge in [0.05, 0.1) is 26.0 Å². The summed E-state index contributed by atoms with van der Waals surface area (Å²) in [5, 5.41) is 11.1. The summed E-state index contributed by atoms with van der Waals surface area (Å²) in [6.07, 6.45) is 2.49. The normalized spacial score (nSPS) is 11.1. The van der Waals surface area contributed by atoms with Crippen LogP contribution in [-0.2, 0) is 12.8 Å². The Labute approximate surface area is 170 Å². The van der Waals surface area contributed by atoms with E-state index in [1.807, 2.05) is 26.0 Å². The Morgan fingerprint density at radius 3 is 2.31 bits per heavy atom. The van der Waals surface area contributed by atoms with Crippen LogP contribution in [0.3, 0.4) is 0 Å². The van der Waals surface area contributed by atoms with Crippen LogP contribution in [0.15, 0.2) is 36.5 Å². The van der Waals surface area contributed by atoms with E-state index in [9.17, 15) is 9.50 Å². The Kier molecular flexibility index (Phi) is 6.54. The quantitative estimate of drug-likeness (QED) is 0.612. The molecule has 0 spiro atoms. The zero-order valence-corrected chi connectivity index (χ0v) is 17.2. The molecular formula is C23H26FNO4. The number of methoxy groups -OCH3 is 2. The van der Waals surface area contributed by atoms with E-state index in [4.69, 9.17) is 14.2 Å². The van der Waals surface area contributed by atoms with Crippen molar-refractivity contribution in [2.45, 2.75) is 32.8 Å². The molecule has 1 aromatic heterocycles. The van der Waals surface area contributed by atoms with Crippen molar-refractivity contribution in [1.82, 2.24) is 4.98 Å². The highest BCUT2D eigenvalue weighted by Crippen LogP contribution is 2.35. The van der Waals surface area contributed by atoms with Gasteiger partial charge in [-0.25, -0.2) is 4.39 Å². The number of pyridine rings is 1. The summed E-state index contributed by atoms with van der Waals surface area (Å²) in [7, 11) is 3.15. The summed E-state index contributed by atoms with van der Waals surface area (Å²) in [4.78, 5) is 4.57. The van der Waals surface area contributed by atoms with E-state index in [0.717, 1.165) is 16.3 Å². The zero-order valence-electron chi connectivity index (χ0n) is 17.2. The first-order valence-electron chi connectivity index (χ1n) is 9.55. The zero-order chi connectivity index (χ0) is 21.0. The van der Waals surface area contributed by atoms with Crippen molar-refractivity contribution < 1.29 is 23.7 Å². The van der Waals surface area contributed by atoms with Gasteiger partial charge in [0.25, 0.3) is 0 Å². The number of nitrogens with zero attached hydrogens (tertiary/aromatic N) is 1. The molecule has 0 unspecified atom stereocenters. The predicted octanol–water partition coefficient (Wildman–Crippen LogP) is 4.30. The van der Waals surface area contributed by atoms with Gasteiger partial charge in [-0.15, -0.1) is 0 Å². The van der Waals surface area contributed by atoms with Crippen molar-refractivity contribution >= 4 is 10.8 Å². The molecule has 6 heteroatoms. The highest BCUT2D eigenvalue weighted by molar-refractivity contribution is 5.90. The van der Waals surface area contributed by atoms with Crippen molar-refractivity contribution in [2.75, 3.05) is 20.8 Å². The Morgan fingerprint density at radius 2 is 1.69 bits per heavy atom. The van der Waals surface area contributed by atoms with Crippen molar-refractivity contribution in [1.29, 1.82) is 0 Å². The summed E-state index contributed by atoms with van der Waals surface area (Å²) < 4.78 is 31.1. The minimum Gasteiger partial charge on any atom is -0.493 e. The van der Waals surface area contributed by atoms with Gasteiger partial charge < -0.3 is 19.3 Å². The summed E-state index contributed by atoms with van der Waals surface area (Å²) in [6.45, 7) is 3.86. The molecular weight excluding hydrogens is 373 g/mol. The maximum atomic E-state index is 14.5. The second-order valence-corrected chi connectivity index (χ2v) is 7.05.